The van der Waals surface area contributed by atoms with Gasteiger partial charge >= 0.3 is 5.97 Å². The van der Waals surface area contributed by atoms with Gasteiger partial charge in [-0.1, -0.05) is 12.1 Å². The van der Waals surface area contributed by atoms with E-state index in [1.54, 1.807) is 12.1 Å². The Morgan fingerprint density at radius 1 is 1.26 bits per heavy atom. The molecule has 1 aromatic carbocycles. The molecule has 4 atom stereocenters. The summed E-state index contributed by atoms with van der Waals surface area (Å²) in [5.74, 6) is -0.676. The molecule has 0 saturated carbocycles. The molecule has 2 heterocycles. The quantitative estimate of drug-likeness (QED) is 0.840. The van der Waals surface area contributed by atoms with Crippen LogP contribution >= 0.6 is 0 Å². The fraction of sp³-hybridized carbons (Fsp3) is 0.467. The second-order valence-corrected chi connectivity index (χ2v) is 5.37. The van der Waals surface area contributed by atoms with Crippen molar-refractivity contribution in [3.05, 3.63) is 35.4 Å². The van der Waals surface area contributed by atoms with Gasteiger partial charge in [0.2, 0.25) is 0 Å². The Balaban J connectivity index is 1.74. The number of carboxylic acid groups (broad SMARTS) is 1. The van der Waals surface area contributed by atoms with Gasteiger partial charge in [-0.2, -0.15) is 0 Å². The maximum absolute atomic E-state index is 11.2. The molecule has 4 nitrogen and oxygen atoms in total. The van der Waals surface area contributed by atoms with Crippen molar-refractivity contribution in [2.45, 2.75) is 31.5 Å². The van der Waals surface area contributed by atoms with Gasteiger partial charge in [0.25, 0.3) is 0 Å². The van der Waals surface area contributed by atoms with Crippen molar-refractivity contribution in [1.29, 1.82) is 0 Å². The largest absolute Gasteiger partial charge is 0.478 e. The van der Waals surface area contributed by atoms with Crippen LogP contribution in [0.3, 0.4) is 0 Å². The molecule has 2 saturated heterocycles. The van der Waals surface area contributed by atoms with Crippen LogP contribution in [0.15, 0.2) is 24.3 Å². The molecule has 2 aliphatic heterocycles. The summed E-state index contributed by atoms with van der Waals surface area (Å²) in [6.07, 6.45) is 4.13. The zero-order chi connectivity index (χ0) is 13.4. The van der Waals surface area contributed by atoms with Crippen molar-refractivity contribution in [2.24, 2.45) is 11.8 Å². The molecule has 0 radical (unpaired) electrons. The van der Waals surface area contributed by atoms with Gasteiger partial charge < -0.3 is 14.6 Å². The standard InChI is InChI=1S/C15H16O4/c16-8-12-11(13-5-6-14(12)19-13)7-9-1-3-10(4-2-9)15(17)18/h1-4,8,11-14H,5-7H2,(H,17,18)/t11-,12+,13-,14+/m1/s1. The monoisotopic (exact) mass is 260 g/mol. The molecular formula is C15H16O4. The molecule has 0 unspecified atom stereocenters. The Morgan fingerprint density at radius 3 is 2.58 bits per heavy atom. The maximum atomic E-state index is 11.2. The summed E-state index contributed by atoms with van der Waals surface area (Å²) in [5.41, 5.74) is 1.36. The molecule has 2 bridgehead atoms. The van der Waals surface area contributed by atoms with E-state index in [2.05, 4.69) is 0 Å². The first-order chi connectivity index (χ1) is 9.19. The van der Waals surface area contributed by atoms with Crippen molar-refractivity contribution < 1.29 is 19.4 Å². The molecule has 0 amide bonds. The molecule has 100 valence electrons. The van der Waals surface area contributed by atoms with Crippen LogP contribution in [0.2, 0.25) is 0 Å². The number of aromatic carboxylic acids is 1. The van der Waals surface area contributed by atoms with E-state index in [1.165, 1.54) is 0 Å². The Morgan fingerprint density at radius 2 is 1.95 bits per heavy atom. The summed E-state index contributed by atoms with van der Waals surface area (Å²) in [6.45, 7) is 0. The van der Waals surface area contributed by atoms with Gasteiger partial charge in [-0.25, -0.2) is 4.79 Å². The van der Waals surface area contributed by atoms with E-state index in [-0.39, 0.29) is 24.0 Å². The van der Waals surface area contributed by atoms with Crippen LogP contribution in [0.1, 0.15) is 28.8 Å². The minimum absolute atomic E-state index is 0.00194. The fourth-order valence-electron chi connectivity index (χ4n) is 3.32. The Labute approximate surface area is 111 Å². The van der Waals surface area contributed by atoms with E-state index in [4.69, 9.17) is 9.84 Å². The number of fused-ring (bicyclic) bond motifs is 2. The van der Waals surface area contributed by atoms with E-state index in [9.17, 15) is 9.59 Å². The maximum Gasteiger partial charge on any atom is 0.335 e. The third-order valence-corrected chi connectivity index (χ3v) is 4.32. The number of carboxylic acids is 1. The smallest absolute Gasteiger partial charge is 0.335 e. The lowest BCUT2D eigenvalue weighted by Gasteiger charge is -2.23. The van der Waals surface area contributed by atoms with Gasteiger partial charge in [0.05, 0.1) is 17.8 Å². The molecule has 0 spiro atoms. The highest BCUT2D eigenvalue weighted by Gasteiger charge is 2.48. The summed E-state index contributed by atoms with van der Waals surface area (Å²) in [5, 5.41) is 8.86. The zero-order valence-corrected chi connectivity index (χ0v) is 10.5. The van der Waals surface area contributed by atoms with Crippen LogP contribution in [-0.4, -0.2) is 29.6 Å². The van der Waals surface area contributed by atoms with Crippen molar-refractivity contribution in [1.82, 2.24) is 0 Å². The van der Waals surface area contributed by atoms with E-state index >= 15 is 0 Å². The molecule has 4 heteroatoms. The van der Waals surface area contributed by atoms with E-state index in [0.29, 0.717) is 5.56 Å². The third kappa shape index (κ3) is 2.16. The fourth-order valence-corrected chi connectivity index (χ4v) is 3.32. The first-order valence-electron chi connectivity index (χ1n) is 6.62. The minimum Gasteiger partial charge on any atom is -0.478 e. The molecule has 2 aliphatic rings. The van der Waals surface area contributed by atoms with Gasteiger partial charge in [-0.15, -0.1) is 0 Å². The van der Waals surface area contributed by atoms with E-state index in [0.717, 1.165) is 31.1 Å². The molecule has 3 rings (SSSR count). The highest BCUT2D eigenvalue weighted by Crippen LogP contribution is 2.43. The van der Waals surface area contributed by atoms with Crippen LogP contribution in [-0.2, 0) is 16.0 Å². The lowest BCUT2D eigenvalue weighted by molar-refractivity contribution is -0.113. The number of rotatable bonds is 4. The Kier molecular flexibility index (Phi) is 3.11. The van der Waals surface area contributed by atoms with Crippen molar-refractivity contribution in [2.75, 3.05) is 0 Å². The van der Waals surface area contributed by atoms with Crippen LogP contribution in [0.5, 0.6) is 0 Å². The molecule has 2 fully saturated rings. The first-order valence-corrected chi connectivity index (χ1v) is 6.62. The lowest BCUT2D eigenvalue weighted by Crippen LogP contribution is -2.29. The van der Waals surface area contributed by atoms with Gasteiger partial charge in [-0.05, 0) is 37.0 Å². The third-order valence-electron chi connectivity index (χ3n) is 4.32. The highest BCUT2D eigenvalue weighted by atomic mass is 16.5. The van der Waals surface area contributed by atoms with Crippen molar-refractivity contribution >= 4 is 12.3 Å². The number of carbonyl (C=O) groups excluding carboxylic acids is 1. The summed E-state index contributed by atoms with van der Waals surface area (Å²) >= 11 is 0. The SMILES string of the molecule is O=C[C@H]1[C@@H](Cc2ccc(C(=O)O)cc2)[C@H]2CC[C@@H]1O2. The number of aldehydes is 1. The topological polar surface area (TPSA) is 63.6 Å². The van der Waals surface area contributed by atoms with Crippen LogP contribution in [0.25, 0.3) is 0 Å². The van der Waals surface area contributed by atoms with Crippen LogP contribution in [0, 0.1) is 11.8 Å². The van der Waals surface area contributed by atoms with Crippen molar-refractivity contribution in [3.8, 4) is 0 Å². The summed E-state index contributed by atoms with van der Waals surface area (Å²) in [7, 11) is 0. The number of carbonyl (C=O) groups is 2. The Hall–Kier alpha value is -1.68. The molecular weight excluding hydrogens is 244 g/mol. The Bertz CT molecular complexity index is 493. The highest BCUT2D eigenvalue weighted by molar-refractivity contribution is 5.87. The van der Waals surface area contributed by atoms with Crippen molar-refractivity contribution in [3.63, 3.8) is 0 Å². The average molecular weight is 260 g/mol. The number of ether oxygens (including phenoxy) is 1. The zero-order valence-electron chi connectivity index (χ0n) is 10.5. The predicted molar refractivity (Wildman–Crippen MR) is 68.0 cm³/mol. The van der Waals surface area contributed by atoms with Crippen LogP contribution < -0.4 is 0 Å². The normalized spacial score (nSPS) is 32.4. The van der Waals surface area contributed by atoms with E-state index in [1.807, 2.05) is 12.1 Å². The summed E-state index contributed by atoms with van der Waals surface area (Å²) in [6, 6.07) is 6.89. The van der Waals surface area contributed by atoms with E-state index < -0.39 is 5.97 Å². The second-order valence-electron chi connectivity index (χ2n) is 5.37. The minimum atomic E-state index is -0.916. The second kappa shape index (κ2) is 4.78. The lowest BCUT2D eigenvalue weighted by atomic mass is 9.77. The van der Waals surface area contributed by atoms with Gasteiger partial charge in [0.1, 0.15) is 6.29 Å². The average Bonchev–Trinajstić information content (AvgIpc) is 3.00. The number of benzene rings is 1. The van der Waals surface area contributed by atoms with Gasteiger partial charge in [-0.3, -0.25) is 0 Å². The molecule has 19 heavy (non-hydrogen) atoms. The molecule has 1 aromatic rings. The van der Waals surface area contributed by atoms with Gasteiger partial charge in [0.15, 0.2) is 0 Å². The number of hydrogen-bond donors (Lipinski definition) is 1. The predicted octanol–water partition coefficient (Wildman–Crippen LogP) is 1.92. The molecule has 0 aliphatic carbocycles. The molecule has 0 aromatic heterocycles. The van der Waals surface area contributed by atoms with Crippen LogP contribution in [0.4, 0.5) is 0 Å². The van der Waals surface area contributed by atoms with Gasteiger partial charge in [0, 0.05) is 11.8 Å². The summed E-state index contributed by atoms with van der Waals surface area (Å²) in [4.78, 5) is 22.0. The first kappa shape index (κ1) is 12.4. The number of hydrogen-bond acceptors (Lipinski definition) is 3. The molecule has 1 N–H and O–H groups in total. The summed E-state index contributed by atoms with van der Waals surface area (Å²) < 4.78 is 5.80.